The van der Waals surface area contributed by atoms with Gasteiger partial charge in [-0.05, 0) is 6.42 Å². The molecule has 0 unspecified atom stereocenters. The Balaban J connectivity index is 3.14. The van der Waals surface area contributed by atoms with E-state index in [1.807, 2.05) is 6.92 Å². The molecule has 1 rings (SSSR count). The van der Waals surface area contributed by atoms with E-state index in [4.69, 9.17) is 14.2 Å². The van der Waals surface area contributed by atoms with Gasteiger partial charge in [-0.1, -0.05) is 6.92 Å². The molecule has 1 aromatic carbocycles. The first-order valence-corrected chi connectivity index (χ1v) is 6.46. The summed E-state index contributed by atoms with van der Waals surface area (Å²) in [6.07, 6.45) is 0.809. The topological polar surface area (TPSA) is 85.9 Å². The minimum atomic E-state index is -0.582. The van der Waals surface area contributed by atoms with E-state index < -0.39 is 12.0 Å². The number of esters is 1. The largest absolute Gasteiger partial charge is 0.493 e. The predicted molar refractivity (Wildman–Crippen MR) is 78.2 cm³/mol. The summed E-state index contributed by atoms with van der Waals surface area (Å²) in [4.78, 5) is 23.5. The molecule has 0 saturated heterocycles. The fraction of sp³-hybridized carbons (Fsp3) is 0.429. The number of carbonyl (C=O) groups excluding carboxylic acids is 2. The van der Waals surface area contributed by atoms with Crippen molar-refractivity contribution in [2.75, 3.05) is 33.2 Å². The number of hydrogen-bond donors (Lipinski definition) is 2. The lowest BCUT2D eigenvalue weighted by Crippen LogP contribution is -2.30. The molecule has 1 aromatic rings. The van der Waals surface area contributed by atoms with Crippen LogP contribution in [0.15, 0.2) is 12.1 Å². The number of urea groups is 1. The van der Waals surface area contributed by atoms with Crippen LogP contribution < -0.4 is 20.1 Å². The number of hydrogen-bond acceptors (Lipinski definition) is 5. The molecule has 0 saturated carbocycles. The highest BCUT2D eigenvalue weighted by Gasteiger charge is 2.18. The highest BCUT2D eigenvalue weighted by molar-refractivity contribution is 6.01. The molecule has 0 heterocycles. The zero-order valence-electron chi connectivity index (χ0n) is 12.6. The van der Waals surface area contributed by atoms with Crippen LogP contribution in [0.1, 0.15) is 23.7 Å². The zero-order valence-corrected chi connectivity index (χ0v) is 12.6. The van der Waals surface area contributed by atoms with E-state index in [1.54, 1.807) is 0 Å². The molecule has 0 aliphatic rings. The highest BCUT2D eigenvalue weighted by atomic mass is 16.5. The van der Waals surface area contributed by atoms with Crippen molar-refractivity contribution in [2.24, 2.45) is 0 Å². The average molecular weight is 296 g/mol. The molecule has 2 N–H and O–H groups in total. The quantitative estimate of drug-likeness (QED) is 0.784. The third-order valence-corrected chi connectivity index (χ3v) is 2.71. The second kappa shape index (κ2) is 7.98. The average Bonchev–Trinajstić information content (AvgIpc) is 2.51. The van der Waals surface area contributed by atoms with E-state index in [-0.39, 0.29) is 11.3 Å². The molecule has 116 valence electrons. The molecule has 0 atom stereocenters. The predicted octanol–water partition coefficient (Wildman–Crippen LogP) is 2.02. The third kappa shape index (κ3) is 4.27. The third-order valence-electron chi connectivity index (χ3n) is 2.71. The van der Waals surface area contributed by atoms with Gasteiger partial charge < -0.3 is 24.8 Å². The SMILES string of the molecule is CCCNC(=O)Nc1cc(OC)c(OC)cc1C(=O)OC. The number of carbonyl (C=O) groups is 2. The number of methoxy groups -OCH3 is 3. The van der Waals surface area contributed by atoms with Crippen LogP contribution in [0.25, 0.3) is 0 Å². The minimum Gasteiger partial charge on any atom is -0.493 e. The van der Waals surface area contributed by atoms with Crippen molar-refractivity contribution in [1.29, 1.82) is 0 Å². The van der Waals surface area contributed by atoms with Gasteiger partial charge in [0.1, 0.15) is 0 Å². The minimum absolute atomic E-state index is 0.182. The highest BCUT2D eigenvalue weighted by Crippen LogP contribution is 2.33. The first-order chi connectivity index (χ1) is 10.1. The van der Waals surface area contributed by atoms with Gasteiger partial charge >= 0.3 is 12.0 Å². The van der Waals surface area contributed by atoms with Gasteiger partial charge in [0, 0.05) is 18.7 Å². The normalized spacial score (nSPS) is 9.71. The van der Waals surface area contributed by atoms with E-state index in [0.717, 1.165) is 6.42 Å². The Kier molecular flexibility index (Phi) is 6.32. The second-order valence-electron chi connectivity index (χ2n) is 4.13. The van der Waals surface area contributed by atoms with Crippen molar-refractivity contribution in [3.8, 4) is 11.5 Å². The maximum absolute atomic E-state index is 11.8. The number of anilines is 1. The standard InChI is InChI=1S/C14H20N2O5/c1-5-6-15-14(18)16-10-8-12(20-3)11(19-2)7-9(10)13(17)21-4/h7-8H,5-6H2,1-4H3,(H2,15,16,18). The summed E-state index contributed by atoms with van der Waals surface area (Å²) >= 11 is 0. The van der Waals surface area contributed by atoms with Crippen LogP contribution in [0.2, 0.25) is 0 Å². The summed E-state index contributed by atoms with van der Waals surface area (Å²) in [6.45, 7) is 2.48. The monoisotopic (exact) mass is 296 g/mol. The maximum Gasteiger partial charge on any atom is 0.340 e. The molecule has 0 radical (unpaired) electrons. The molecule has 0 spiro atoms. The summed E-state index contributed by atoms with van der Waals surface area (Å²) in [6, 6.07) is 2.56. The van der Waals surface area contributed by atoms with Crippen molar-refractivity contribution in [1.82, 2.24) is 5.32 Å². The summed E-state index contributed by atoms with van der Waals surface area (Å²) in [5.41, 5.74) is 0.468. The van der Waals surface area contributed by atoms with E-state index in [0.29, 0.717) is 18.0 Å². The Labute approximate surface area is 123 Å². The Morgan fingerprint density at radius 3 is 2.24 bits per heavy atom. The number of ether oxygens (including phenoxy) is 3. The van der Waals surface area contributed by atoms with Gasteiger partial charge in [-0.2, -0.15) is 0 Å². The summed E-state index contributed by atoms with van der Waals surface area (Å²) in [5, 5.41) is 5.26. The van der Waals surface area contributed by atoms with Gasteiger partial charge in [0.25, 0.3) is 0 Å². The summed E-state index contributed by atoms with van der Waals surface area (Å²) in [5.74, 6) is 0.190. The van der Waals surface area contributed by atoms with Gasteiger partial charge in [0.05, 0.1) is 32.6 Å². The van der Waals surface area contributed by atoms with Crippen LogP contribution in [0.3, 0.4) is 0 Å². The van der Waals surface area contributed by atoms with E-state index in [1.165, 1.54) is 33.5 Å². The lowest BCUT2D eigenvalue weighted by molar-refractivity contribution is 0.0601. The molecule has 0 aromatic heterocycles. The molecular formula is C14H20N2O5. The van der Waals surface area contributed by atoms with Gasteiger partial charge in [-0.15, -0.1) is 0 Å². The number of nitrogens with one attached hydrogen (secondary N) is 2. The first kappa shape index (κ1) is 16.6. The fourth-order valence-corrected chi connectivity index (χ4v) is 1.67. The lowest BCUT2D eigenvalue weighted by Gasteiger charge is -2.14. The Morgan fingerprint density at radius 2 is 1.71 bits per heavy atom. The summed E-state index contributed by atoms with van der Waals surface area (Å²) < 4.78 is 15.0. The molecular weight excluding hydrogens is 276 g/mol. The number of amides is 2. The van der Waals surface area contributed by atoms with Crippen LogP contribution in [-0.2, 0) is 4.74 Å². The lowest BCUT2D eigenvalue weighted by atomic mass is 10.1. The van der Waals surface area contributed by atoms with Crippen molar-refractivity contribution in [2.45, 2.75) is 13.3 Å². The van der Waals surface area contributed by atoms with Gasteiger partial charge in [0.15, 0.2) is 11.5 Å². The van der Waals surface area contributed by atoms with Crippen molar-refractivity contribution in [3.05, 3.63) is 17.7 Å². The maximum atomic E-state index is 11.8. The Morgan fingerprint density at radius 1 is 1.10 bits per heavy atom. The Hall–Kier alpha value is -2.44. The first-order valence-electron chi connectivity index (χ1n) is 6.46. The number of rotatable bonds is 6. The van der Waals surface area contributed by atoms with E-state index in [9.17, 15) is 9.59 Å². The Bertz CT molecular complexity index is 516. The molecule has 0 aliphatic carbocycles. The molecule has 2 amide bonds. The van der Waals surface area contributed by atoms with E-state index >= 15 is 0 Å². The zero-order chi connectivity index (χ0) is 15.8. The van der Waals surface area contributed by atoms with Gasteiger partial charge in [-0.3, -0.25) is 0 Å². The van der Waals surface area contributed by atoms with Crippen LogP contribution in [0, 0.1) is 0 Å². The molecule has 21 heavy (non-hydrogen) atoms. The van der Waals surface area contributed by atoms with Gasteiger partial charge in [0.2, 0.25) is 0 Å². The number of benzene rings is 1. The van der Waals surface area contributed by atoms with Crippen LogP contribution in [0.5, 0.6) is 11.5 Å². The second-order valence-corrected chi connectivity index (χ2v) is 4.13. The van der Waals surface area contributed by atoms with Crippen molar-refractivity contribution in [3.63, 3.8) is 0 Å². The smallest absolute Gasteiger partial charge is 0.340 e. The van der Waals surface area contributed by atoms with Crippen LogP contribution in [0.4, 0.5) is 10.5 Å². The fourth-order valence-electron chi connectivity index (χ4n) is 1.67. The molecule has 7 nitrogen and oxygen atoms in total. The molecule has 0 bridgehead atoms. The van der Waals surface area contributed by atoms with Crippen molar-refractivity contribution < 1.29 is 23.8 Å². The van der Waals surface area contributed by atoms with Crippen LogP contribution >= 0.6 is 0 Å². The van der Waals surface area contributed by atoms with Crippen molar-refractivity contribution >= 4 is 17.7 Å². The van der Waals surface area contributed by atoms with E-state index in [2.05, 4.69) is 10.6 Å². The van der Waals surface area contributed by atoms with Crippen LogP contribution in [-0.4, -0.2) is 39.9 Å². The molecule has 7 heteroatoms. The van der Waals surface area contributed by atoms with Gasteiger partial charge in [-0.25, -0.2) is 9.59 Å². The molecule has 0 fully saturated rings. The summed E-state index contributed by atoms with van der Waals surface area (Å²) in [7, 11) is 4.19. The molecule has 0 aliphatic heterocycles.